The molecule has 0 bridgehead atoms. The summed E-state index contributed by atoms with van der Waals surface area (Å²) < 4.78 is 16.1. The SMILES string of the molecule is O=C1CC(n2c(CCCl)nc3cc(Br)c(F)cc32)CN1. The number of alkyl halides is 1. The van der Waals surface area contributed by atoms with E-state index >= 15 is 0 Å². The number of amides is 1. The predicted molar refractivity (Wildman–Crippen MR) is 78.5 cm³/mol. The molecule has 1 saturated heterocycles. The molecule has 1 fully saturated rings. The molecule has 4 nitrogen and oxygen atoms in total. The van der Waals surface area contributed by atoms with E-state index in [0.717, 1.165) is 5.82 Å². The van der Waals surface area contributed by atoms with Gasteiger partial charge in [0.1, 0.15) is 11.6 Å². The van der Waals surface area contributed by atoms with Crippen LogP contribution in [0.25, 0.3) is 11.0 Å². The van der Waals surface area contributed by atoms with Crippen molar-refractivity contribution in [3.8, 4) is 0 Å². The molecule has 1 aliphatic heterocycles. The number of nitrogens with zero attached hydrogens (tertiary/aromatic N) is 2. The van der Waals surface area contributed by atoms with E-state index in [2.05, 4.69) is 26.2 Å². The molecule has 0 aliphatic carbocycles. The van der Waals surface area contributed by atoms with Crippen LogP contribution in [0.3, 0.4) is 0 Å². The van der Waals surface area contributed by atoms with Crippen molar-refractivity contribution in [1.29, 1.82) is 0 Å². The third-order valence-corrected chi connectivity index (χ3v) is 4.24. The van der Waals surface area contributed by atoms with Crippen LogP contribution in [0.5, 0.6) is 0 Å². The molecule has 2 heterocycles. The van der Waals surface area contributed by atoms with Crippen LogP contribution in [0.4, 0.5) is 4.39 Å². The summed E-state index contributed by atoms with van der Waals surface area (Å²) in [5.74, 6) is 0.884. The summed E-state index contributed by atoms with van der Waals surface area (Å²) in [4.78, 5) is 15.9. The summed E-state index contributed by atoms with van der Waals surface area (Å²) in [6, 6.07) is 3.07. The van der Waals surface area contributed by atoms with Gasteiger partial charge in [0.2, 0.25) is 5.91 Å². The molecule has 1 atom stereocenters. The highest BCUT2D eigenvalue weighted by atomic mass is 79.9. The first-order chi connectivity index (χ1) is 9.60. The quantitative estimate of drug-likeness (QED) is 0.856. The molecule has 1 aromatic heterocycles. The van der Waals surface area contributed by atoms with Gasteiger partial charge < -0.3 is 9.88 Å². The molecule has 0 radical (unpaired) electrons. The minimum absolute atomic E-state index is 0.00579. The number of rotatable bonds is 3. The van der Waals surface area contributed by atoms with Gasteiger partial charge in [0.05, 0.1) is 21.5 Å². The smallest absolute Gasteiger partial charge is 0.222 e. The fourth-order valence-electron chi connectivity index (χ4n) is 2.58. The van der Waals surface area contributed by atoms with Crippen LogP contribution in [0.1, 0.15) is 18.3 Å². The van der Waals surface area contributed by atoms with Crippen molar-refractivity contribution < 1.29 is 9.18 Å². The van der Waals surface area contributed by atoms with E-state index in [1.807, 2.05) is 4.57 Å². The lowest BCUT2D eigenvalue weighted by atomic mass is 10.2. The van der Waals surface area contributed by atoms with Gasteiger partial charge in [0, 0.05) is 31.3 Å². The zero-order valence-electron chi connectivity index (χ0n) is 10.5. The van der Waals surface area contributed by atoms with E-state index < -0.39 is 0 Å². The largest absolute Gasteiger partial charge is 0.354 e. The van der Waals surface area contributed by atoms with Crippen molar-refractivity contribution in [3.05, 3.63) is 28.2 Å². The number of halogens is 3. The van der Waals surface area contributed by atoms with Crippen LogP contribution >= 0.6 is 27.5 Å². The number of aryl methyl sites for hydroxylation is 1. The molecule has 106 valence electrons. The lowest BCUT2D eigenvalue weighted by Gasteiger charge is -2.14. The number of aromatic nitrogens is 2. The Labute approximate surface area is 128 Å². The summed E-state index contributed by atoms with van der Waals surface area (Å²) in [6.07, 6.45) is 0.971. The molecular formula is C13H12BrClFN3O. The number of imidazole rings is 1. The Balaban J connectivity index is 2.17. The third kappa shape index (κ3) is 2.31. The van der Waals surface area contributed by atoms with Gasteiger partial charge in [-0.2, -0.15) is 0 Å². The number of carbonyl (C=O) groups is 1. The fraction of sp³-hybridized carbons (Fsp3) is 0.385. The highest BCUT2D eigenvalue weighted by molar-refractivity contribution is 9.10. The first-order valence-corrected chi connectivity index (χ1v) is 7.61. The van der Waals surface area contributed by atoms with E-state index in [1.165, 1.54) is 6.07 Å². The molecular weight excluding hydrogens is 349 g/mol. The minimum atomic E-state index is -0.339. The zero-order valence-corrected chi connectivity index (χ0v) is 12.8. The lowest BCUT2D eigenvalue weighted by Crippen LogP contribution is -2.17. The molecule has 1 aliphatic rings. The Morgan fingerprint density at radius 2 is 2.35 bits per heavy atom. The Hall–Kier alpha value is -1.14. The number of nitrogens with one attached hydrogen (secondary N) is 1. The van der Waals surface area contributed by atoms with Crippen LogP contribution in [0.15, 0.2) is 16.6 Å². The summed E-state index contributed by atoms with van der Waals surface area (Å²) in [5, 5.41) is 2.79. The van der Waals surface area contributed by atoms with Gasteiger partial charge in [0.25, 0.3) is 0 Å². The number of hydrogen-bond acceptors (Lipinski definition) is 2. The summed E-state index contributed by atoms with van der Waals surface area (Å²) >= 11 is 8.98. The number of carbonyl (C=O) groups excluding carboxylic acids is 1. The van der Waals surface area contributed by atoms with E-state index in [-0.39, 0.29) is 17.8 Å². The summed E-state index contributed by atoms with van der Waals surface area (Å²) in [6.45, 7) is 0.539. The van der Waals surface area contributed by atoms with Crippen molar-refractivity contribution >= 4 is 44.5 Å². The maximum Gasteiger partial charge on any atom is 0.222 e. The van der Waals surface area contributed by atoms with Crippen molar-refractivity contribution in [2.24, 2.45) is 0 Å². The van der Waals surface area contributed by atoms with Crippen LogP contribution in [0.2, 0.25) is 0 Å². The normalized spacial score (nSPS) is 18.8. The van der Waals surface area contributed by atoms with E-state index in [4.69, 9.17) is 11.6 Å². The van der Waals surface area contributed by atoms with Gasteiger partial charge in [-0.1, -0.05) is 0 Å². The van der Waals surface area contributed by atoms with Crippen molar-refractivity contribution in [1.82, 2.24) is 14.9 Å². The maximum absolute atomic E-state index is 13.8. The number of fused-ring (bicyclic) bond motifs is 1. The van der Waals surface area contributed by atoms with Crippen molar-refractivity contribution in [3.63, 3.8) is 0 Å². The van der Waals surface area contributed by atoms with E-state index in [0.29, 0.717) is 40.8 Å². The lowest BCUT2D eigenvalue weighted by molar-refractivity contribution is -0.119. The highest BCUT2D eigenvalue weighted by Crippen LogP contribution is 2.29. The Kier molecular flexibility index (Phi) is 3.69. The minimum Gasteiger partial charge on any atom is -0.354 e. The van der Waals surface area contributed by atoms with Gasteiger partial charge in [-0.25, -0.2) is 9.37 Å². The second kappa shape index (κ2) is 5.33. The molecule has 1 unspecified atom stereocenters. The van der Waals surface area contributed by atoms with Gasteiger partial charge in [-0.05, 0) is 22.0 Å². The monoisotopic (exact) mass is 359 g/mol. The topological polar surface area (TPSA) is 46.9 Å². The Bertz CT molecular complexity index is 688. The average Bonchev–Trinajstić information content (AvgIpc) is 2.94. The Morgan fingerprint density at radius 1 is 1.55 bits per heavy atom. The second-order valence-electron chi connectivity index (χ2n) is 4.75. The van der Waals surface area contributed by atoms with Crippen LogP contribution in [-0.2, 0) is 11.2 Å². The molecule has 3 rings (SSSR count). The van der Waals surface area contributed by atoms with E-state index in [9.17, 15) is 9.18 Å². The molecule has 2 aromatic rings. The molecule has 0 saturated carbocycles. The standard InChI is InChI=1S/C13H12BrClFN3O/c14-8-4-10-11(5-9(8)16)19(12(18-10)1-2-15)7-3-13(20)17-6-7/h4-5,7H,1-3,6H2,(H,17,20). The molecule has 7 heteroatoms. The molecule has 1 amide bonds. The van der Waals surface area contributed by atoms with Crippen molar-refractivity contribution in [2.75, 3.05) is 12.4 Å². The predicted octanol–water partition coefficient (Wildman–Crippen LogP) is 2.78. The van der Waals surface area contributed by atoms with Gasteiger partial charge in [-0.3, -0.25) is 4.79 Å². The average molecular weight is 361 g/mol. The Morgan fingerprint density at radius 3 is 3.00 bits per heavy atom. The van der Waals surface area contributed by atoms with Gasteiger partial charge in [-0.15, -0.1) is 11.6 Å². The maximum atomic E-state index is 13.8. The van der Waals surface area contributed by atoms with E-state index in [1.54, 1.807) is 6.07 Å². The zero-order chi connectivity index (χ0) is 14.3. The number of benzene rings is 1. The van der Waals surface area contributed by atoms with Crippen LogP contribution < -0.4 is 5.32 Å². The first kappa shape index (κ1) is 13.8. The fourth-order valence-corrected chi connectivity index (χ4v) is 3.08. The van der Waals surface area contributed by atoms with Crippen molar-refractivity contribution in [2.45, 2.75) is 18.9 Å². The molecule has 0 spiro atoms. The molecule has 1 aromatic carbocycles. The van der Waals surface area contributed by atoms with Gasteiger partial charge >= 0.3 is 0 Å². The van der Waals surface area contributed by atoms with Crippen LogP contribution in [-0.4, -0.2) is 27.9 Å². The number of hydrogen-bond donors (Lipinski definition) is 1. The third-order valence-electron chi connectivity index (χ3n) is 3.44. The van der Waals surface area contributed by atoms with Crippen LogP contribution in [0, 0.1) is 5.82 Å². The first-order valence-electron chi connectivity index (χ1n) is 6.28. The second-order valence-corrected chi connectivity index (χ2v) is 5.99. The summed E-state index contributed by atoms with van der Waals surface area (Å²) in [5.41, 5.74) is 1.41. The molecule has 1 N–H and O–H groups in total. The highest BCUT2D eigenvalue weighted by Gasteiger charge is 2.27. The van der Waals surface area contributed by atoms with Gasteiger partial charge in [0.15, 0.2) is 0 Å². The summed E-state index contributed by atoms with van der Waals surface area (Å²) in [7, 11) is 0. The molecule has 20 heavy (non-hydrogen) atoms.